The molecule has 2 aliphatic heterocycles. The smallest absolute Gasteiger partial charge is 0.338 e. The molecule has 0 radical (unpaired) electrons. The Morgan fingerprint density at radius 3 is 2.85 bits per heavy atom. The Bertz CT molecular complexity index is 1220. The van der Waals surface area contributed by atoms with Crippen LogP contribution in [0.2, 0.25) is 0 Å². The molecule has 0 saturated carbocycles. The number of hydrogen-bond acceptors (Lipinski definition) is 9. The molecule has 0 N–H and O–H groups in total. The van der Waals surface area contributed by atoms with Gasteiger partial charge in [0, 0.05) is 24.6 Å². The van der Waals surface area contributed by atoms with Gasteiger partial charge in [0.1, 0.15) is 0 Å². The Balaban J connectivity index is 1.29. The number of nitrogens with zero attached hydrogens (tertiary/aromatic N) is 4. The van der Waals surface area contributed by atoms with Crippen molar-refractivity contribution in [2.45, 2.75) is 32.0 Å². The van der Waals surface area contributed by atoms with E-state index in [1.807, 2.05) is 0 Å². The molecule has 0 spiro atoms. The van der Waals surface area contributed by atoms with Gasteiger partial charge in [0.25, 0.3) is 17.7 Å². The largest absolute Gasteiger partial charge is 0.449 e. The number of imide groups is 1. The summed E-state index contributed by atoms with van der Waals surface area (Å²) in [5, 5.41) is 3.89. The molecule has 0 aliphatic carbocycles. The van der Waals surface area contributed by atoms with Crippen molar-refractivity contribution in [3.8, 4) is 11.4 Å². The van der Waals surface area contributed by atoms with Crippen molar-refractivity contribution in [1.82, 2.24) is 20.0 Å². The number of benzene rings is 1. The standard InChI is InChI=1S/C23H20N4O6/c1-13(20-25-19(26-33-20)15-4-2-8-24-11-15)32-23(30)14-6-7-17-18(10-14)22(29)27(21(17)28)12-16-5-3-9-31-16/h2,4,6-8,10-11,13,16H,3,5,9,12H2,1H3. The summed E-state index contributed by atoms with van der Waals surface area (Å²) >= 11 is 0. The van der Waals surface area contributed by atoms with Gasteiger partial charge in [-0.15, -0.1) is 0 Å². The highest BCUT2D eigenvalue weighted by Crippen LogP contribution is 2.27. The molecule has 2 unspecified atom stereocenters. The molecule has 33 heavy (non-hydrogen) atoms. The number of aromatic nitrogens is 3. The van der Waals surface area contributed by atoms with E-state index in [1.165, 1.54) is 23.1 Å². The van der Waals surface area contributed by atoms with Crippen molar-refractivity contribution in [2.75, 3.05) is 13.2 Å². The fourth-order valence-corrected chi connectivity index (χ4v) is 3.87. The summed E-state index contributed by atoms with van der Waals surface area (Å²) in [4.78, 5) is 47.6. The van der Waals surface area contributed by atoms with Crippen molar-refractivity contribution >= 4 is 17.8 Å². The number of esters is 1. The quantitative estimate of drug-likeness (QED) is 0.413. The van der Waals surface area contributed by atoms with E-state index in [1.54, 1.807) is 31.5 Å². The molecule has 2 amide bonds. The maximum absolute atomic E-state index is 12.8. The van der Waals surface area contributed by atoms with E-state index in [0.717, 1.165) is 12.8 Å². The van der Waals surface area contributed by atoms with Crippen molar-refractivity contribution in [1.29, 1.82) is 0 Å². The topological polar surface area (TPSA) is 125 Å². The average molecular weight is 448 g/mol. The molecule has 1 saturated heterocycles. The lowest BCUT2D eigenvalue weighted by Crippen LogP contribution is -2.36. The second-order valence-corrected chi connectivity index (χ2v) is 7.86. The van der Waals surface area contributed by atoms with E-state index in [-0.39, 0.29) is 41.1 Å². The Labute approximate surface area is 188 Å². The Kier molecular flexibility index (Phi) is 5.43. The first-order chi connectivity index (χ1) is 16.0. The summed E-state index contributed by atoms with van der Waals surface area (Å²) in [5.41, 5.74) is 1.26. The number of ether oxygens (including phenoxy) is 2. The second-order valence-electron chi connectivity index (χ2n) is 7.86. The van der Waals surface area contributed by atoms with Gasteiger partial charge in [0.2, 0.25) is 5.82 Å². The van der Waals surface area contributed by atoms with Crippen LogP contribution in [0.25, 0.3) is 11.4 Å². The molecule has 2 atom stereocenters. The Hall–Kier alpha value is -3.92. The maximum Gasteiger partial charge on any atom is 0.338 e. The van der Waals surface area contributed by atoms with Gasteiger partial charge in [-0.2, -0.15) is 4.98 Å². The molecule has 4 heterocycles. The van der Waals surface area contributed by atoms with Gasteiger partial charge >= 0.3 is 5.97 Å². The first kappa shape index (κ1) is 21.0. The van der Waals surface area contributed by atoms with Crippen LogP contribution in [0.4, 0.5) is 0 Å². The zero-order valence-corrected chi connectivity index (χ0v) is 17.8. The summed E-state index contributed by atoms with van der Waals surface area (Å²) in [6.45, 7) is 2.44. The second kappa shape index (κ2) is 8.55. The molecule has 0 bridgehead atoms. The van der Waals surface area contributed by atoms with Crippen LogP contribution in [0, 0.1) is 0 Å². The highest BCUT2D eigenvalue weighted by molar-refractivity contribution is 6.22. The molecule has 2 aromatic heterocycles. The van der Waals surface area contributed by atoms with Gasteiger partial charge < -0.3 is 14.0 Å². The third-order valence-corrected chi connectivity index (χ3v) is 5.61. The van der Waals surface area contributed by atoms with Crippen LogP contribution < -0.4 is 0 Å². The molecule has 5 rings (SSSR count). The number of amides is 2. The predicted molar refractivity (Wildman–Crippen MR) is 112 cm³/mol. The molecule has 10 nitrogen and oxygen atoms in total. The van der Waals surface area contributed by atoms with Gasteiger partial charge in [-0.05, 0) is 50.1 Å². The van der Waals surface area contributed by atoms with E-state index in [0.29, 0.717) is 18.0 Å². The third-order valence-electron chi connectivity index (χ3n) is 5.61. The molecule has 1 fully saturated rings. The van der Waals surface area contributed by atoms with Crippen LogP contribution in [-0.4, -0.2) is 57.1 Å². The summed E-state index contributed by atoms with van der Waals surface area (Å²) in [5.74, 6) is -1.05. The van der Waals surface area contributed by atoms with Crippen molar-refractivity contribution in [3.63, 3.8) is 0 Å². The fraction of sp³-hybridized carbons (Fsp3) is 0.304. The van der Waals surface area contributed by atoms with E-state index in [2.05, 4.69) is 15.1 Å². The highest BCUT2D eigenvalue weighted by atomic mass is 16.6. The molecule has 168 valence electrons. The number of carbonyl (C=O) groups excluding carboxylic acids is 3. The average Bonchev–Trinajstić information content (AvgIpc) is 3.58. The first-order valence-corrected chi connectivity index (χ1v) is 10.6. The van der Waals surface area contributed by atoms with Gasteiger partial charge in [0.15, 0.2) is 6.10 Å². The normalized spacial score (nSPS) is 18.5. The van der Waals surface area contributed by atoms with Crippen LogP contribution >= 0.6 is 0 Å². The van der Waals surface area contributed by atoms with Gasteiger partial charge in [-0.1, -0.05) is 5.16 Å². The predicted octanol–water partition coefficient (Wildman–Crippen LogP) is 2.82. The SMILES string of the molecule is CC(OC(=O)c1ccc2c(c1)C(=O)N(CC1CCCO1)C2=O)c1nc(-c2cccnc2)no1. The number of carbonyl (C=O) groups is 3. The summed E-state index contributed by atoms with van der Waals surface area (Å²) in [6.07, 6.45) is 3.97. The van der Waals surface area contributed by atoms with Gasteiger partial charge in [-0.3, -0.25) is 19.5 Å². The van der Waals surface area contributed by atoms with E-state index >= 15 is 0 Å². The monoisotopic (exact) mass is 448 g/mol. The first-order valence-electron chi connectivity index (χ1n) is 10.6. The zero-order valence-electron chi connectivity index (χ0n) is 17.8. The van der Waals surface area contributed by atoms with Crippen LogP contribution in [0.1, 0.15) is 62.8 Å². The van der Waals surface area contributed by atoms with Crippen molar-refractivity contribution in [3.05, 3.63) is 65.3 Å². The lowest BCUT2D eigenvalue weighted by atomic mass is 10.1. The van der Waals surface area contributed by atoms with Crippen LogP contribution in [0.15, 0.2) is 47.2 Å². The Morgan fingerprint density at radius 1 is 1.24 bits per heavy atom. The minimum absolute atomic E-state index is 0.123. The van der Waals surface area contributed by atoms with Gasteiger partial charge in [-0.25, -0.2) is 4.79 Å². The van der Waals surface area contributed by atoms with Crippen molar-refractivity contribution < 1.29 is 28.4 Å². The lowest BCUT2D eigenvalue weighted by molar-refractivity contribution is 0.0265. The molecule has 3 aromatic rings. The number of hydrogen-bond donors (Lipinski definition) is 0. The van der Waals surface area contributed by atoms with E-state index < -0.39 is 18.0 Å². The maximum atomic E-state index is 12.8. The van der Waals surface area contributed by atoms with Crippen LogP contribution in [0.3, 0.4) is 0 Å². The van der Waals surface area contributed by atoms with E-state index in [9.17, 15) is 14.4 Å². The van der Waals surface area contributed by atoms with Gasteiger partial charge in [0.05, 0.1) is 29.3 Å². The summed E-state index contributed by atoms with van der Waals surface area (Å²) in [6, 6.07) is 7.85. The molecule has 1 aromatic carbocycles. The molecule has 10 heteroatoms. The highest BCUT2D eigenvalue weighted by Gasteiger charge is 2.38. The van der Waals surface area contributed by atoms with Crippen LogP contribution in [-0.2, 0) is 9.47 Å². The number of fused-ring (bicyclic) bond motifs is 1. The molecule has 2 aliphatic rings. The Morgan fingerprint density at radius 2 is 2.09 bits per heavy atom. The van der Waals surface area contributed by atoms with Crippen LogP contribution in [0.5, 0.6) is 0 Å². The van der Waals surface area contributed by atoms with Crippen molar-refractivity contribution in [2.24, 2.45) is 0 Å². The minimum atomic E-state index is -0.822. The summed E-state index contributed by atoms with van der Waals surface area (Å²) < 4.78 is 16.2. The number of rotatable bonds is 6. The third kappa shape index (κ3) is 4.00. The molecular formula is C23H20N4O6. The summed E-state index contributed by atoms with van der Waals surface area (Å²) in [7, 11) is 0. The fourth-order valence-electron chi connectivity index (χ4n) is 3.87. The molecular weight excluding hydrogens is 428 g/mol. The van der Waals surface area contributed by atoms with E-state index in [4.69, 9.17) is 14.0 Å². The minimum Gasteiger partial charge on any atom is -0.449 e. The lowest BCUT2D eigenvalue weighted by Gasteiger charge is -2.17. The number of pyridine rings is 1. The zero-order chi connectivity index (χ0) is 22.9.